The zero-order chi connectivity index (χ0) is 26.5. The summed E-state index contributed by atoms with van der Waals surface area (Å²) in [6, 6.07) is 8.01. The van der Waals surface area contributed by atoms with Gasteiger partial charge in [0.25, 0.3) is 6.43 Å². The van der Waals surface area contributed by atoms with Gasteiger partial charge in [0.2, 0.25) is 5.91 Å². The molecule has 1 amide bonds. The fourth-order valence-electron chi connectivity index (χ4n) is 3.79. The molecule has 3 aromatic heterocycles. The van der Waals surface area contributed by atoms with E-state index in [4.69, 9.17) is 0 Å². The van der Waals surface area contributed by atoms with Gasteiger partial charge in [-0.2, -0.15) is 5.10 Å². The number of aryl methyl sites for hydroxylation is 1. The molecule has 1 atom stereocenters. The number of carbonyl (C=O) groups excluding carboxylic acids is 1. The molecule has 2 N–H and O–H groups in total. The van der Waals surface area contributed by atoms with Crippen LogP contribution >= 0.6 is 28.4 Å². The maximum Gasteiger partial charge on any atom is 0.295 e. The smallest absolute Gasteiger partial charge is 0.295 e. The number of nitrogens with one attached hydrogen (secondary N) is 2. The van der Waals surface area contributed by atoms with Crippen LogP contribution in [0.15, 0.2) is 41.4 Å². The molecule has 0 radical (unpaired) electrons. The van der Waals surface area contributed by atoms with E-state index in [0.29, 0.717) is 5.69 Å². The molecule has 1 fully saturated rings. The highest BCUT2D eigenvalue weighted by Crippen LogP contribution is 2.39. The zero-order valence-electron chi connectivity index (χ0n) is 19.5. The Morgan fingerprint density at radius 1 is 1.19 bits per heavy atom. The molecule has 15 heteroatoms. The number of benzene rings is 1. The van der Waals surface area contributed by atoms with Crippen molar-refractivity contribution in [3.8, 4) is 5.69 Å². The van der Waals surface area contributed by atoms with E-state index in [1.54, 1.807) is 29.1 Å². The number of hydrogen-bond acceptors (Lipinski definition) is 7. The molecule has 1 unspecified atom stereocenters. The Morgan fingerprint density at radius 2 is 1.95 bits per heavy atom. The van der Waals surface area contributed by atoms with E-state index < -0.39 is 22.1 Å². The lowest BCUT2D eigenvalue weighted by Gasteiger charge is -2.14. The molecule has 1 aromatic carbocycles. The molecule has 4 aromatic rings. The number of alkyl halides is 2. The Kier molecular flexibility index (Phi) is 6.92. The van der Waals surface area contributed by atoms with Gasteiger partial charge in [0.1, 0.15) is 11.3 Å². The minimum Gasteiger partial charge on any atom is -0.352 e. The molecule has 1 aliphatic rings. The van der Waals surface area contributed by atoms with Crippen molar-refractivity contribution in [2.45, 2.75) is 31.1 Å². The number of amides is 1. The summed E-state index contributed by atoms with van der Waals surface area (Å²) < 4.78 is 55.9. The second-order valence-electron chi connectivity index (χ2n) is 8.66. The van der Waals surface area contributed by atoms with Crippen molar-refractivity contribution < 1.29 is 22.0 Å². The first-order valence-electron chi connectivity index (χ1n) is 11.1. The minimum absolute atomic E-state index is 0.0176. The van der Waals surface area contributed by atoms with Gasteiger partial charge < -0.3 is 10.6 Å². The summed E-state index contributed by atoms with van der Waals surface area (Å²) in [5, 5.41) is 10.1. The fourth-order valence-corrected chi connectivity index (χ4v) is 6.54. The van der Waals surface area contributed by atoms with Crippen LogP contribution in [0, 0.1) is 12.8 Å². The van der Waals surface area contributed by atoms with Gasteiger partial charge in [-0.05, 0) is 66.1 Å². The highest BCUT2D eigenvalue weighted by atomic mass is 127. The Morgan fingerprint density at radius 3 is 2.54 bits per heavy atom. The van der Waals surface area contributed by atoms with Crippen molar-refractivity contribution in [3.05, 3.63) is 48.0 Å². The second kappa shape index (κ2) is 9.87. The molecule has 0 aliphatic heterocycles. The van der Waals surface area contributed by atoms with Gasteiger partial charge in [-0.25, -0.2) is 31.8 Å². The summed E-state index contributed by atoms with van der Waals surface area (Å²) in [4.78, 5) is 20.9. The molecule has 3 heterocycles. The van der Waals surface area contributed by atoms with Crippen LogP contribution in [0.3, 0.4) is 0 Å². The number of anilines is 3. The first kappa shape index (κ1) is 25.9. The van der Waals surface area contributed by atoms with E-state index in [0.717, 1.165) is 24.8 Å². The largest absolute Gasteiger partial charge is 0.352 e. The number of fused-ring (bicyclic) bond motifs is 1. The quantitative estimate of drug-likeness (QED) is 0.198. The number of imidazole rings is 1. The molecule has 5 rings (SSSR count). The Bertz CT molecular complexity index is 1640. The van der Waals surface area contributed by atoms with Crippen LogP contribution in [0.2, 0.25) is 0 Å². The monoisotopic (exact) mass is 659 g/mol. The van der Waals surface area contributed by atoms with Crippen molar-refractivity contribution in [2.75, 3.05) is 16.9 Å². The van der Waals surface area contributed by atoms with Gasteiger partial charge in [0.05, 0.1) is 34.0 Å². The number of rotatable bonds is 8. The van der Waals surface area contributed by atoms with E-state index in [2.05, 4.69) is 25.7 Å². The summed E-state index contributed by atoms with van der Waals surface area (Å²) in [6.45, 7) is 1.82. The van der Waals surface area contributed by atoms with E-state index in [1.165, 1.54) is 16.5 Å². The number of pyridine rings is 1. The third kappa shape index (κ3) is 5.32. The van der Waals surface area contributed by atoms with Crippen LogP contribution in [0.25, 0.3) is 16.9 Å². The molecule has 1 aliphatic carbocycles. The van der Waals surface area contributed by atoms with Crippen LogP contribution in [-0.4, -0.2) is 44.7 Å². The summed E-state index contributed by atoms with van der Waals surface area (Å²) in [5.74, 6) is -0.604. The summed E-state index contributed by atoms with van der Waals surface area (Å²) >= 11 is 1.96. The average Bonchev–Trinajstić information content (AvgIpc) is 3.49. The van der Waals surface area contributed by atoms with E-state index in [-0.39, 0.29) is 51.5 Å². The van der Waals surface area contributed by atoms with Gasteiger partial charge >= 0.3 is 0 Å². The van der Waals surface area contributed by atoms with Crippen LogP contribution < -0.4 is 10.6 Å². The van der Waals surface area contributed by atoms with E-state index in [9.17, 15) is 22.0 Å². The number of aromatic nitrogens is 5. The van der Waals surface area contributed by atoms with E-state index in [1.807, 2.05) is 29.0 Å². The van der Waals surface area contributed by atoms with Gasteiger partial charge in [-0.1, -0.05) is 0 Å². The topological polar surface area (TPSA) is 124 Å². The molecule has 194 valence electrons. The zero-order valence-corrected chi connectivity index (χ0v) is 23.5. The molecular weight excluding hydrogens is 638 g/mol. The number of nitrogens with zero attached hydrogens (tertiary/aromatic N) is 5. The van der Waals surface area contributed by atoms with Crippen LogP contribution in [0.1, 0.15) is 30.8 Å². The highest BCUT2D eigenvalue weighted by Gasteiger charge is 2.30. The fraction of sp³-hybridized carbons (Fsp3) is 0.273. The van der Waals surface area contributed by atoms with Gasteiger partial charge in [-0.15, -0.1) is 0 Å². The minimum atomic E-state index is -3.72. The lowest BCUT2D eigenvalue weighted by Crippen LogP contribution is -2.15. The summed E-state index contributed by atoms with van der Waals surface area (Å²) in [6.07, 6.45) is 1.38. The van der Waals surface area contributed by atoms with Gasteiger partial charge in [-0.3, -0.25) is 9.13 Å². The van der Waals surface area contributed by atoms with Crippen LogP contribution in [0.4, 0.5) is 26.0 Å². The lowest BCUT2D eigenvalue weighted by molar-refractivity contribution is -0.117. The number of halogens is 3. The summed E-state index contributed by atoms with van der Waals surface area (Å²) in [7, 11) is -3.72. The number of sulfone groups is 1. The molecule has 1 saturated carbocycles. The maximum absolute atomic E-state index is 13.8. The van der Waals surface area contributed by atoms with Crippen molar-refractivity contribution in [1.82, 2.24) is 24.1 Å². The maximum atomic E-state index is 13.8. The standard InChI is InChI=1S/C22H21F2IN7O3PS/c1-11-7-8-31(30-11)13-5-6-14(16(9-13)37(2,34)35)26-15-10-17(28-22(33)12-3-4-12)27-20-18(15)29-21(19(23)24)32(20)36-25/h5-10,12,19,36H,3-4H2,1-2H3,(H2,26,27,28,33). The second-order valence-corrected chi connectivity index (χ2v) is 12.7. The first-order valence-corrected chi connectivity index (χ1v) is 17.0. The van der Waals surface area contributed by atoms with Crippen molar-refractivity contribution in [1.29, 1.82) is 0 Å². The molecule has 0 bridgehead atoms. The SMILES string of the molecule is Cc1ccn(-c2ccc(Nc3cc(NC(=O)C4CC4)nc4c3nc(C(F)F)n4PI)c(S(C)(=O)=O)c2)n1. The predicted molar refractivity (Wildman–Crippen MR) is 146 cm³/mol. The molecule has 0 saturated heterocycles. The normalized spacial score (nSPS) is 14.2. The molecule has 10 nitrogen and oxygen atoms in total. The van der Waals surface area contributed by atoms with Crippen molar-refractivity contribution in [2.24, 2.45) is 5.92 Å². The molecule has 37 heavy (non-hydrogen) atoms. The van der Waals surface area contributed by atoms with Gasteiger partial charge in [0.15, 0.2) is 21.3 Å². The Balaban J connectivity index is 1.64. The Hall–Kier alpha value is -2.71. The molecular formula is C22H21F2IN7O3PS. The third-order valence-electron chi connectivity index (χ3n) is 5.74. The predicted octanol–water partition coefficient (Wildman–Crippen LogP) is 5.15. The van der Waals surface area contributed by atoms with Crippen molar-refractivity contribution in [3.63, 3.8) is 0 Å². The van der Waals surface area contributed by atoms with Crippen molar-refractivity contribution >= 4 is 72.5 Å². The van der Waals surface area contributed by atoms with Gasteiger partial charge in [0, 0.05) is 24.4 Å². The number of carbonyl (C=O) groups is 1. The average molecular weight is 659 g/mol. The Labute approximate surface area is 225 Å². The third-order valence-corrected chi connectivity index (χ3v) is 8.94. The first-order chi connectivity index (χ1) is 17.5. The highest BCUT2D eigenvalue weighted by molar-refractivity contribution is 14.2. The number of hydrogen-bond donors (Lipinski definition) is 2. The van der Waals surface area contributed by atoms with E-state index >= 15 is 0 Å². The molecule has 0 spiro atoms. The summed E-state index contributed by atoms with van der Waals surface area (Å²) in [5.41, 5.74) is 2.04. The van der Waals surface area contributed by atoms with Crippen LogP contribution in [0.5, 0.6) is 0 Å². The lowest BCUT2D eigenvalue weighted by atomic mass is 10.2. The van der Waals surface area contributed by atoms with Crippen LogP contribution in [-0.2, 0) is 14.6 Å².